The van der Waals surface area contributed by atoms with Gasteiger partial charge in [-0.3, -0.25) is 4.99 Å². The zero-order valence-corrected chi connectivity index (χ0v) is 18.6. The van der Waals surface area contributed by atoms with Crippen molar-refractivity contribution in [3.63, 3.8) is 0 Å². The smallest absolute Gasteiger partial charge is 0.410 e. The molecule has 0 radical (unpaired) electrons. The Labute approximate surface area is 178 Å². The average Bonchev–Trinajstić information content (AvgIpc) is 2.57. The average molecular weight is 492 g/mol. The lowest BCUT2D eigenvalue weighted by Gasteiger charge is -2.36. The summed E-state index contributed by atoms with van der Waals surface area (Å²) in [6.45, 7) is 8.56. The van der Waals surface area contributed by atoms with Gasteiger partial charge in [-0.2, -0.15) is 0 Å². The number of guanidine groups is 1. The first kappa shape index (κ1) is 23.5. The Morgan fingerprint density at radius 2 is 1.85 bits per heavy atom. The number of benzene rings is 1. The highest BCUT2D eigenvalue weighted by Crippen LogP contribution is 2.12. The third-order valence-corrected chi connectivity index (χ3v) is 4.04. The Morgan fingerprint density at radius 1 is 1.22 bits per heavy atom. The first-order valence-corrected chi connectivity index (χ1v) is 9.02. The van der Waals surface area contributed by atoms with Crippen molar-refractivity contribution in [1.82, 2.24) is 9.80 Å². The van der Waals surface area contributed by atoms with E-state index in [0.29, 0.717) is 38.7 Å². The van der Waals surface area contributed by atoms with E-state index in [9.17, 15) is 9.18 Å². The van der Waals surface area contributed by atoms with Crippen molar-refractivity contribution in [1.29, 1.82) is 0 Å². The minimum atomic E-state index is -0.490. The molecule has 0 aromatic heterocycles. The lowest BCUT2D eigenvalue weighted by molar-refractivity contribution is 0.0186. The lowest BCUT2D eigenvalue weighted by Crippen LogP contribution is -2.53. The summed E-state index contributed by atoms with van der Waals surface area (Å²) >= 11 is 0. The molecule has 1 aromatic carbocycles. The van der Waals surface area contributed by atoms with Crippen LogP contribution in [0.5, 0.6) is 0 Å². The monoisotopic (exact) mass is 492 g/mol. The third kappa shape index (κ3) is 8.32. The molecule has 1 amide bonds. The molecule has 2 rings (SSSR count). The molecule has 1 aliphatic rings. The van der Waals surface area contributed by atoms with Crippen LogP contribution in [-0.4, -0.2) is 60.2 Å². The molecule has 27 heavy (non-hydrogen) atoms. The van der Waals surface area contributed by atoms with Gasteiger partial charge in [0.2, 0.25) is 0 Å². The van der Waals surface area contributed by atoms with Crippen molar-refractivity contribution in [2.75, 3.05) is 32.7 Å². The summed E-state index contributed by atoms with van der Waals surface area (Å²) < 4.78 is 18.5. The second-order valence-corrected chi connectivity index (χ2v) is 7.43. The summed E-state index contributed by atoms with van der Waals surface area (Å²) in [5.74, 6) is 0.279. The minimum Gasteiger partial charge on any atom is -0.444 e. The van der Waals surface area contributed by atoms with Gasteiger partial charge in [0, 0.05) is 32.7 Å². The third-order valence-electron chi connectivity index (χ3n) is 4.04. The van der Waals surface area contributed by atoms with Gasteiger partial charge in [0.05, 0.1) is 0 Å². The van der Waals surface area contributed by atoms with E-state index in [0.717, 1.165) is 18.4 Å². The standard InChI is InChI=1S/C19H29FN4O2.HI/c1-19(2,3)26-18(25)24-12-10-23(11-13-24)17(21)22-9-5-7-15-6-4-8-16(20)14-15;/h4,6,8,14H,5,7,9-13H2,1-3H3,(H2,21,22);1H. The molecule has 2 N–H and O–H groups in total. The number of hydrogen-bond acceptors (Lipinski definition) is 3. The first-order valence-electron chi connectivity index (χ1n) is 9.02. The van der Waals surface area contributed by atoms with Crippen LogP contribution in [0.25, 0.3) is 0 Å². The van der Waals surface area contributed by atoms with Crippen LogP contribution in [0.4, 0.5) is 9.18 Å². The number of nitrogens with zero attached hydrogens (tertiary/aromatic N) is 3. The van der Waals surface area contributed by atoms with Crippen LogP contribution < -0.4 is 5.73 Å². The zero-order chi connectivity index (χ0) is 19.2. The van der Waals surface area contributed by atoms with Crippen LogP contribution in [0.15, 0.2) is 29.3 Å². The number of piperazine rings is 1. The summed E-state index contributed by atoms with van der Waals surface area (Å²) in [4.78, 5) is 20.1. The number of aryl methyl sites for hydroxylation is 1. The number of nitrogens with two attached hydrogens (primary N) is 1. The van der Waals surface area contributed by atoms with Crippen molar-refractivity contribution in [2.45, 2.75) is 39.2 Å². The van der Waals surface area contributed by atoms with E-state index in [1.54, 1.807) is 17.0 Å². The van der Waals surface area contributed by atoms with Crippen molar-refractivity contribution >= 4 is 36.0 Å². The summed E-state index contributed by atoms with van der Waals surface area (Å²) in [7, 11) is 0. The Kier molecular flexibility index (Phi) is 9.28. The number of carbonyl (C=O) groups excluding carboxylic acids is 1. The van der Waals surface area contributed by atoms with Gasteiger partial charge in [0.15, 0.2) is 5.96 Å². The molecular weight excluding hydrogens is 462 g/mol. The van der Waals surface area contributed by atoms with Crippen molar-refractivity contribution in [2.24, 2.45) is 10.7 Å². The molecule has 0 saturated carbocycles. The maximum atomic E-state index is 13.1. The molecule has 1 fully saturated rings. The zero-order valence-electron chi connectivity index (χ0n) is 16.3. The van der Waals surface area contributed by atoms with E-state index in [1.807, 2.05) is 31.7 Å². The molecule has 1 saturated heterocycles. The van der Waals surface area contributed by atoms with E-state index in [2.05, 4.69) is 4.99 Å². The second kappa shape index (κ2) is 10.7. The first-order chi connectivity index (χ1) is 12.2. The highest BCUT2D eigenvalue weighted by Gasteiger charge is 2.26. The normalized spacial score (nSPS) is 15.3. The van der Waals surface area contributed by atoms with E-state index in [-0.39, 0.29) is 35.9 Å². The number of carbonyl (C=O) groups is 1. The Bertz CT molecular complexity index is 641. The van der Waals surface area contributed by atoms with Crippen LogP contribution in [0.3, 0.4) is 0 Å². The number of halogens is 2. The van der Waals surface area contributed by atoms with E-state index >= 15 is 0 Å². The van der Waals surface area contributed by atoms with Gasteiger partial charge in [0.25, 0.3) is 0 Å². The molecule has 0 spiro atoms. The lowest BCUT2D eigenvalue weighted by atomic mass is 10.1. The predicted molar refractivity (Wildman–Crippen MR) is 116 cm³/mol. The molecule has 0 atom stereocenters. The van der Waals surface area contributed by atoms with Crippen LogP contribution in [0.2, 0.25) is 0 Å². The number of aliphatic imine (C=N–C) groups is 1. The number of hydrogen-bond donors (Lipinski definition) is 1. The molecule has 0 aliphatic carbocycles. The molecule has 1 heterocycles. The van der Waals surface area contributed by atoms with Gasteiger partial charge in [-0.05, 0) is 51.3 Å². The second-order valence-electron chi connectivity index (χ2n) is 7.43. The van der Waals surface area contributed by atoms with E-state index in [1.165, 1.54) is 6.07 Å². The topological polar surface area (TPSA) is 71.2 Å². The number of amides is 1. The molecule has 0 bridgehead atoms. The van der Waals surface area contributed by atoms with Gasteiger partial charge in [-0.25, -0.2) is 9.18 Å². The van der Waals surface area contributed by atoms with Crippen LogP contribution in [0, 0.1) is 5.82 Å². The Balaban J connectivity index is 0.00000364. The maximum Gasteiger partial charge on any atom is 0.410 e. The predicted octanol–water partition coefficient (Wildman–Crippen LogP) is 3.24. The van der Waals surface area contributed by atoms with Crippen LogP contribution in [-0.2, 0) is 11.2 Å². The molecule has 152 valence electrons. The van der Waals surface area contributed by atoms with Gasteiger partial charge in [0.1, 0.15) is 11.4 Å². The van der Waals surface area contributed by atoms with E-state index in [4.69, 9.17) is 10.5 Å². The van der Waals surface area contributed by atoms with Crippen molar-refractivity contribution in [3.05, 3.63) is 35.6 Å². The van der Waals surface area contributed by atoms with Gasteiger partial charge in [-0.15, -0.1) is 24.0 Å². The molecule has 1 aromatic rings. The largest absolute Gasteiger partial charge is 0.444 e. The van der Waals surface area contributed by atoms with Gasteiger partial charge >= 0.3 is 6.09 Å². The molecule has 8 heteroatoms. The van der Waals surface area contributed by atoms with Crippen LogP contribution in [0.1, 0.15) is 32.8 Å². The maximum absolute atomic E-state index is 13.1. The van der Waals surface area contributed by atoms with Crippen molar-refractivity contribution in [3.8, 4) is 0 Å². The highest BCUT2D eigenvalue weighted by atomic mass is 127. The molecular formula is C19H30FIN4O2. The Morgan fingerprint density at radius 3 is 2.44 bits per heavy atom. The Hall–Kier alpha value is -1.58. The van der Waals surface area contributed by atoms with Crippen LogP contribution >= 0.6 is 24.0 Å². The summed E-state index contributed by atoms with van der Waals surface area (Å²) in [5, 5.41) is 0. The summed E-state index contributed by atoms with van der Waals surface area (Å²) in [6.07, 6.45) is 1.28. The molecule has 6 nitrogen and oxygen atoms in total. The summed E-state index contributed by atoms with van der Waals surface area (Å²) in [5.41, 5.74) is 6.53. The fraction of sp³-hybridized carbons (Fsp3) is 0.579. The van der Waals surface area contributed by atoms with Gasteiger partial charge in [-0.1, -0.05) is 12.1 Å². The number of ether oxygens (including phenoxy) is 1. The molecule has 0 unspecified atom stereocenters. The quantitative estimate of drug-likeness (QED) is 0.303. The molecule has 1 aliphatic heterocycles. The number of rotatable bonds is 4. The SMILES string of the molecule is CC(C)(C)OC(=O)N1CCN(C(N)=NCCCc2cccc(F)c2)CC1.I. The van der Waals surface area contributed by atoms with E-state index < -0.39 is 5.60 Å². The summed E-state index contributed by atoms with van der Waals surface area (Å²) in [6, 6.07) is 6.61. The fourth-order valence-electron chi connectivity index (χ4n) is 2.71. The minimum absolute atomic E-state index is 0. The van der Waals surface area contributed by atoms with Gasteiger partial charge < -0.3 is 20.3 Å². The highest BCUT2D eigenvalue weighted by molar-refractivity contribution is 14.0. The fourth-order valence-corrected chi connectivity index (χ4v) is 2.71. The van der Waals surface area contributed by atoms with Crippen molar-refractivity contribution < 1.29 is 13.9 Å².